The van der Waals surface area contributed by atoms with Gasteiger partial charge in [0.05, 0.1) is 5.69 Å². The Labute approximate surface area is 93.0 Å². The molecule has 0 aliphatic rings. The molecule has 0 saturated carbocycles. The molecule has 1 heterocycles. The van der Waals surface area contributed by atoms with Crippen molar-refractivity contribution in [1.29, 1.82) is 0 Å². The predicted octanol–water partition coefficient (Wildman–Crippen LogP) is 3.95. The van der Waals surface area contributed by atoms with E-state index in [1.165, 1.54) is 32.1 Å². The van der Waals surface area contributed by atoms with Crippen LogP contribution in [0.5, 0.6) is 0 Å². The molecule has 0 atom stereocenters. The highest BCUT2D eigenvalue weighted by Gasteiger charge is 2.03. The quantitative estimate of drug-likeness (QED) is 0.604. The van der Waals surface area contributed by atoms with Crippen LogP contribution in [0.1, 0.15) is 56.9 Å². The van der Waals surface area contributed by atoms with Crippen molar-refractivity contribution in [3.05, 3.63) is 24.4 Å². The minimum atomic E-state index is 1.02. The summed E-state index contributed by atoms with van der Waals surface area (Å²) in [4.78, 5) is 0. The van der Waals surface area contributed by atoms with Gasteiger partial charge in [-0.25, -0.2) is 0 Å². The molecule has 0 bridgehead atoms. The first-order valence-corrected chi connectivity index (χ1v) is 6.10. The molecule has 0 unspecified atom stereocenters. The van der Waals surface area contributed by atoms with E-state index in [2.05, 4.69) is 25.1 Å². The zero-order valence-corrected chi connectivity index (χ0v) is 9.80. The highest BCUT2D eigenvalue weighted by atomic mass is 16.5. The van der Waals surface area contributed by atoms with Crippen LogP contribution in [-0.2, 0) is 12.8 Å². The maximum atomic E-state index is 5.28. The molecule has 0 saturated heterocycles. The van der Waals surface area contributed by atoms with Gasteiger partial charge in [0.15, 0.2) is 0 Å². The molecule has 1 aromatic rings. The zero-order chi connectivity index (χ0) is 10.9. The van der Waals surface area contributed by atoms with Crippen LogP contribution >= 0.6 is 0 Å². The van der Waals surface area contributed by atoms with Gasteiger partial charge in [-0.05, 0) is 19.3 Å². The van der Waals surface area contributed by atoms with E-state index in [1.807, 2.05) is 0 Å². The van der Waals surface area contributed by atoms with Crippen molar-refractivity contribution in [2.75, 3.05) is 0 Å². The van der Waals surface area contributed by atoms with Gasteiger partial charge in [0.25, 0.3) is 0 Å². The van der Waals surface area contributed by atoms with Crippen molar-refractivity contribution < 1.29 is 4.52 Å². The van der Waals surface area contributed by atoms with Gasteiger partial charge >= 0.3 is 0 Å². The molecule has 0 aromatic carbocycles. The Kier molecular flexibility index (Phi) is 6.14. The minimum Gasteiger partial charge on any atom is -0.361 e. The normalized spacial score (nSPS) is 10.8. The van der Waals surface area contributed by atoms with Crippen molar-refractivity contribution in [3.63, 3.8) is 0 Å². The van der Waals surface area contributed by atoms with Crippen LogP contribution < -0.4 is 0 Å². The maximum absolute atomic E-state index is 5.28. The molecule has 2 heteroatoms. The van der Waals surface area contributed by atoms with Crippen LogP contribution in [0.25, 0.3) is 0 Å². The van der Waals surface area contributed by atoms with Gasteiger partial charge in [0.1, 0.15) is 5.76 Å². The van der Waals surface area contributed by atoms with Crippen LogP contribution in [0.15, 0.2) is 10.6 Å². The van der Waals surface area contributed by atoms with Crippen LogP contribution in [0, 0.1) is 6.92 Å². The first-order chi connectivity index (χ1) is 7.36. The molecule has 0 aliphatic heterocycles. The van der Waals surface area contributed by atoms with E-state index in [0.717, 1.165) is 30.7 Å². The van der Waals surface area contributed by atoms with Crippen LogP contribution in [0.4, 0.5) is 0 Å². The number of nitrogens with zero attached hydrogens (tertiary/aromatic N) is 1. The van der Waals surface area contributed by atoms with Gasteiger partial charge in [-0.1, -0.05) is 44.7 Å². The number of rotatable bonds is 8. The summed E-state index contributed by atoms with van der Waals surface area (Å²) in [6.07, 6.45) is 9.18. The lowest BCUT2D eigenvalue weighted by atomic mass is 10.1. The van der Waals surface area contributed by atoms with Crippen LogP contribution in [-0.4, -0.2) is 5.16 Å². The fraction of sp³-hybridized carbons (Fsp3) is 0.692. The number of hydrogen-bond donors (Lipinski definition) is 0. The van der Waals surface area contributed by atoms with E-state index in [9.17, 15) is 0 Å². The monoisotopic (exact) mass is 208 g/mol. The number of aryl methyl sites for hydroxylation is 2. The van der Waals surface area contributed by atoms with E-state index in [1.54, 1.807) is 0 Å². The third kappa shape index (κ3) is 5.01. The molecule has 85 valence electrons. The highest BCUT2D eigenvalue weighted by molar-refractivity contribution is 5.05. The third-order valence-electron chi connectivity index (χ3n) is 2.57. The van der Waals surface area contributed by atoms with E-state index < -0.39 is 0 Å². The number of aromatic nitrogens is 1. The summed E-state index contributed by atoms with van der Waals surface area (Å²) in [7, 11) is 0. The van der Waals surface area contributed by atoms with E-state index in [-0.39, 0.29) is 0 Å². The lowest BCUT2D eigenvalue weighted by Gasteiger charge is -1.93. The number of unbranched alkanes of at least 4 members (excludes halogenated alkanes) is 4. The van der Waals surface area contributed by atoms with E-state index >= 15 is 0 Å². The summed E-state index contributed by atoms with van der Waals surface area (Å²) in [5.74, 6) is 1.05. The summed E-state index contributed by atoms with van der Waals surface area (Å²) in [5.41, 5.74) is 1.11. The Morgan fingerprint density at radius 3 is 2.73 bits per heavy atom. The predicted molar refractivity (Wildman–Crippen MR) is 62.6 cm³/mol. The average molecular weight is 208 g/mol. The highest BCUT2D eigenvalue weighted by Crippen LogP contribution is 2.11. The van der Waals surface area contributed by atoms with Gasteiger partial charge in [-0.3, -0.25) is 0 Å². The van der Waals surface area contributed by atoms with Gasteiger partial charge in [-0.15, -0.1) is 0 Å². The van der Waals surface area contributed by atoms with Crippen molar-refractivity contribution in [2.24, 2.45) is 0 Å². The summed E-state index contributed by atoms with van der Waals surface area (Å²) in [6, 6.07) is 2.11. The van der Waals surface area contributed by atoms with Gasteiger partial charge in [0.2, 0.25) is 0 Å². The Hall–Kier alpha value is -0.790. The second-order valence-electron chi connectivity index (χ2n) is 4.05. The second-order valence-corrected chi connectivity index (χ2v) is 4.05. The van der Waals surface area contributed by atoms with Crippen molar-refractivity contribution in [3.8, 4) is 0 Å². The minimum absolute atomic E-state index is 1.02. The SMILES string of the molecule is [CH2]CCCCc1cc(CCCCC)on1. The van der Waals surface area contributed by atoms with Gasteiger partial charge in [0, 0.05) is 12.5 Å². The largest absolute Gasteiger partial charge is 0.361 e. The van der Waals surface area contributed by atoms with Gasteiger partial charge in [-0.2, -0.15) is 0 Å². The molecular formula is C13H22NO. The molecular weight excluding hydrogens is 186 g/mol. The topological polar surface area (TPSA) is 26.0 Å². The molecule has 1 rings (SSSR count). The molecule has 1 radical (unpaired) electrons. The standard InChI is InChI=1S/C13H22NO/c1-3-5-7-9-12-11-13(15-14-12)10-8-6-4-2/h11H,1,3-10H2,2H3. The molecule has 0 fully saturated rings. The van der Waals surface area contributed by atoms with Crippen LogP contribution in [0.2, 0.25) is 0 Å². The van der Waals surface area contributed by atoms with Crippen molar-refractivity contribution >= 4 is 0 Å². The summed E-state index contributed by atoms with van der Waals surface area (Å²) in [6.45, 7) is 6.04. The first kappa shape index (κ1) is 12.3. The van der Waals surface area contributed by atoms with Crippen LogP contribution in [0.3, 0.4) is 0 Å². The Morgan fingerprint density at radius 2 is 2.00 bits per heavy atom. The van der Waals surface area contributed by atoms with Crippen molar-refractivity contribution in [1.82, 2.24) is 5.16 Å². The molecule has 2 nitrogen and oxygen atoms in total. The van der Waals surface area contributed by atoms with Crippen molar-refractivity contribution in [2.45, 2.75) is 58.3 Å². The smallest absolute Gasteiger partial charge is 0.137 e. The Bertz CT molecular complexity index is 230. The molecule has 0 spiro atoms. The first-order valence-electron chi connectivity index (χ1n) is 6.10. The molecule has 1 aromatic heterocycles. The fourth-order valence-electron chi connectivity index (χ4n) is 1.62. The summed E-state index contributed by atoms with van der Waals surface area (Å²) in [5, 5.41) is 4.07. The third-order valence-corrected chi connectivity index (χ3v) is 2.57. The second kappa shape index (κ2) is 7.49. The molecule has 15 heavy (non-hydrogen) atoms. The van der Waals surface area contributed by atoms with E-state index in [4.69, 9.17) is 4.52 Å². The Balaban J connectivity index is 2.23. The van der Waals surface area contributed by atoms with Gasteiger partial charge < -0.3 is 4.52 Å². The number of hydrogen-bond acceptors (Lipinski definition) is 2. The lowest BCUT2D eigenvalue weighted by Crippen LogP contribution is -1.84. The summed E-state index contributed by atoms with van der Waals surface area (Å²) < 4.78 is 5.28. The maximum Gasteiger partial charge on any atom is 0.137 e. The fourth-order valence-corrected chi connectivity index (χ4v) is 1.62. The molecule has 0 aliphatic carbocycles. The van der Waals surface area contributed by atoms with E-state index in [0.29, 0.717) is 0 Å². The Morgan fingerprint density at radius 1 is 1.20 bits per heavy atom. The average Bonchev–Trinajstić information content (AvgIpc) is 2.67. The molecule has 0 N–H and O–H groups in total. The lowest BCUT2D eigenvalue weighted by molar-refractivity contribution is 0.373. The zero-order valence-electron chi connectivity index (χ0n) is 9.80. The summed E-state index contributed by atoms with van der Waals surface area (Å²) >= 11 is 0. The molecule has 0 amide bonds.